The van der Waals surface area contributed by atoms with E-state index in [4.69, 9.17) is 46.3 Å². The van der Waals surface area contributed by atoms with Gasteiger partial charge in [-0.05, 0) is 24.3 Å². The fourth-order valence-corrected chi connectivity index (χ4v) is 3.52. The van der Waals surface area contributed by atoms with Crippen molar-refractivity contribution >= 4 is 46.2 Å². The van der Waals surface area contributed by atoms with Crippen molar-refractivity contribution in [1.29, 1.82) is 0 Å². The Kier molecular flexibility index (Phi) is 9.94. The molecule has 0 spiro atoms. The monoisotopic (exact) mass is 692 g/mol. The van der Waals surface area contributed by atoms with Gasteiger partial charge in [-0.3, -0.25) is 0 Å². The second-order valence-corrected chi connectivity index (χ2v) is 8.80. The number of nitrogen functional groups attached to an aromatic ring is 2. The van der Waals surface area contributed by atoms with E-state index in [2.05, 4.69) is 0 Å². The third kappa shape index (κ3) is 6.87. The van der Waals surface area contributed by atoms with Gasteiger partial charge in [0.2, 0.25) is 0 Å². The molecule has 4 N–H and O–H groups in total. The lowest BCUT2D eigenvalue weighted by Crippen LogP contribution is -2.50. The van der Waals surface area contributed by atoms with E-state index in [1.165, 1.54) is 0 Å². The minimum atomic E-state index is -6.56. The van der Waals surface area contributed by atoms with Crippen molar-refractivity contribution < 1.29 is 74.6 Å². The summed E-state index contributed by atoms with van der Waals surface area (Å²) in [6.45, 7) is 0. The first-order chi connectivity index (χ1) is 17.9. The molecule has 2 aromatic rings. The minimum Gasteiger partial charge on any atom is -0.397 e. The summed E-state index contributed by atoms with van der Waals surface area (Å²) in [6, 6.07) is -0.622. The van der Waals surface area contributed by atoms with Crippen LogP contribution < -0.4 is 11.5 Å². The Morgan fingerprint density at radius 3 is 0.902 bits per heavy atom. The molecular weight excluding hydrogens is 686 g/mol. The van der Waals surface area contributed by atoms with Crippen LogP contribution in [-0.4, -0.2) is 24.7 Å². The van der Waals surface area contributed by atoms with Crippen LogP contribution in [0.2, 0.25) is 15.1 Å². The Bertz CT molecular complexity index is 1210. The Hall–Kier alpha value is -2.28. The van der Waals surface area contributed by atoms with E-state index in [0.29, 0.717) is 0 Å². The van der Waals surface area contributed by atoms with Gasteiger partial charge in [-0.15, -0.1) is 0 Å². The maximum Gasteiger partial charge on any atom is 0.435 e. The highest BCUT2D eigenvalue weighted by molar-refractivity contribution is 6.39. The molecule has 2 rings (SSSR count). The number of alkyl halides is 17. The molecule has 0 saturated carbocycles. The van der Waals surface area contributed by atoms with Crippen LogP contribution in [0, 0.1) is 0 Å². The van der Waals surface area contributed by atoms with E-state index in [0.717, 1.165) is 0 Å². The summed E-state index contributed by atoms with van der Waals surface area (Å²) in [5.41, 5.74) is -9.60. The van der Waals surface area contributed by atoms with Gasteiger partial charge in [0.15, 0.2) is 0 Å². The van der Waals surface area contributed by atoms with Crippen molar-refractivity contribution in [2.75, 3.05) is 11.5 Å². The Morgan fingerprint density at radius 2 is 0.659 bits per heavy atom. The number of anilines is 2. The Labute approximate surface area is 230 Å². The highest BCUT2D eigenvalue weighted by Crippen LogP contribution is 2.56. The maximum absolute atomic E-state index is 13.7. The van der Waals surface area contributed by atoms with Crippen molar-refractivity contribution in [2.24, 2.45) is 0 Å². The van der Waals surface area contributed by atoms with E-state index in [1.54, 1.807) is 0 Å². The molecule has 0 heterocycles. The van der Waals surface area contributed by atoms with Crippen LogP contribution in [-0.2, 0) is 17.5 Å². The molecule has 0 saturated heterocycles. The van der Waals surface area contributed by atoms with Crippen LogP contribution in [0.4, 0.5) is 86.0 Å². The predicted octanol–water partition coefficient (Wildman–Crippen LogP) is 10.1. The molecule has 0 aliphatic carbocycles. The van der Waals surface area contributed by atoms with E-state index in [9.17, 15) is 74.6 Å². The van der Waals surface area contributed by atoms with Crippen LogP contribution in [0.5, 0.6) is 0 Å². The second-order valence-electron chi connectivity index (χ2n) is 7.58. The van der Waals surface area contributed by atoms with Gasteiger partial charge in [-0.25, -0.2) is 8.78 Å². The topological polar surface area (TPSA) is 52.0 Å². The molecule has 0 bridgehead atoms. The number of rotatable bonds is 2. The summed E-state index contributed by atoms with van der Waals surface area (Å²) >= 11 is 15.7. The van der Waals surface area contributed by atoms with Crippen LogP contribution in [0.25, 0.3) is 0 Å². The van der Waals surface area contributed by atoms with Crippen LogP contribution in [0.1, 0.15) is 16.7 Å². The van der Waals surface area contributed by atoms with Gasteiger partial charge in [0, 0.05) is 11.1 Å². The lowest BCUT2D eigenvalue weighted by Gasteiger charge is -2.31. The molecule has 2 aromatic carbocycles. The molecule has 0 fully saturated rings. The van der Waals surface area contributed by atoms with Crippen molar-refractivity contribution in [1.82, 2.24) is 0 Å². The summed E-state index contributed by atoms with van der Waals surface area (Å²) in [6.07, 6.45) is -31.0. The highest BCUT2D eigenvalue weighted by atomic mass is 35.5. The summed E-state index contributed by atoms with van der Waals surface area (Å²) < 4.78 is 215. The standard InChI is InChI=1S/C10H4ClF10N.C9H4Cl2F7N/c11-5-2-3(1-4(6(5)22)8(13,14)15)7(12,9(16,17)18)10(19,20)21;10-4-1-3(2-5(11)6(4)19)7(12,8(13,14)15)9(16,17)18/h1-2H,22H2;1-2H,19H2. The Morgan fingerprint density at radius 1 is 0.415 bits per heavy atom. The average Bonchev–Trinajstić information content (AvgIpc) is 2.74. The first kappa shape index (κ1) is 36.7. The molecular formula is C19H8Cl3F17N2. The van der Waals surface area contributed by atoms with Crippen LogP contribution in [0.15, 0.2) is 24.3 Å². The van der Waals surface area contributed by atoms with Crippen LogP contribution >= 0.6 is 34.8 Å². The fraction of sp³-hybridized carbons (Fsp3) is 0.368. The van der Waals surface area contributed by atoms with E-state index < -0.39 is 91.4 Å². The zero-order valence-corrected chi connectivity index (χ0v) is 20.8. The molecule has 234 valence electrons. The first-order valence-corrected chi connectivity index (χ1v) is 10.6. The van der Waals surface area contributed by atoms with Gasteiger partial charge in [0.25, 0.3) is 0 Å². The number of benzene rings is 2. The largest absolute Gasteiger partial charge is 0.435 e. The van der Waals surface area contributed by atoms with Gasteiger partial charge >= 0.3 is 42.2 Å². The molecule has 0 radical (unpaired) electrons. The maximum atomic E-state index is 13.7. The molecule has 0 aromatic heterocycles. The van der Waals surface area contributed by atoms with Gasteiger partial charge in [0.1, 0.15) is 0 Å². The molecule has 0 aliphatic rings. The van der Waals surface area contributed by atoms with Gasteiger partial charge in [-0.2, -0.15) is 65.9 Å². The number of nitrogens with two attached hydrogens (primary N) is 2. The SMILES string of the molecule is Nc1c(Cl)cc(C(F)(C(F)(F)F)C(F)(F)F)cc1C(F)(F)F.Nc1c(Cl)cc(C(F)(C(F)(F)F)C(F)(F)F)cc1Cl. The lowest BCUT2D eigenvalue weighted by atomic mass is 9.92. The van der Waals surface area contributed by atoms with Crippen molar-refractivity contribution in [2.45, 2.75) is 42.2 Å². The lowest BCUT2D eigenvalue weighted by molar-refractivity contribution is -0.349. The number of halogens is 20. The molecule has 0 atom stereocenters. The van der Waals surface area contributed by atoms with Crippen molar-refractivity contribution in [3.05, 3.63) is 56.0 Å². The van der Waals surface area contributed by atoms with Gasteiger partial charge in [-0.1, -0.05) is 34.8 Å². The van der Waals surface area contributed by atoms with Crippen molar-refractivity contribution in [3.63, 3.8) is 0 Å². The first-order valence-electron chi connectivity index (χ1n) is 9.42. The van der Waals surface area contributed by atoms with Crippen LogP contribution in [0.3, 0.4) is 0 Å². The molecule has 22 heteroatoms. The molecule has 41 heavy (non-hydrogen) atoms. The quantitative estimate of drug-likeness (QED) is 0.243. The smallest absolute Gasteiger partial charge is 0.397 e. The molecule has 2 nitrogen and oxygen atoms in total. The fourth-order valence-electron chi connectivity index (χ4n) is 2.81. The zero-order chi connectivity index (χ0) is 32.9. The van der Waals surface area contributed by atoms with E-state index in [1.807, 2.05) is 0 Å². The number of hydrogen-bond acceptors (Lipinski definition) is 2. The van der Waals surface area contributed by atoms with E-state index >= 15 is 0 Å². The molecule has 0 aliphatic heterocycles. The third-order valence-corrected chi connectivity index (χ3v) is 5.81. The Balaban J connectivity index is 0.000000414. The molecule has 0 amide bonds. The average molecular weight is 694 g/mol. The van der Waals surface area contributed by atoms with Crippen molar-refractivity contribution in [3.8, 4) is 0 Å². The minimum absolute atomic E-state index is 0.143. The summed E-state index contributed by atoms with van der Waals surface area (Å²) in [5, 5.41) is -2.71. The van der Waals surface area contributed by atoms with Gasteiger partial charge in [0.05, 0.1) is 32.0 Å². The second kappa shape index (κ2) is 11.1. The zero-order valence-electron chi connectivity index (χ0n) is 18.5. The predicted molar refractivity (Wildman–Crippen MR) is 112 cm³/mol. The third-order valence-electron chi connectivity index (χ3n) is 4.87. The summed E-state index contributed by atoms with van der Waals surface area (Å²) in [5.74, 6) is 0. The van der Waals surface area contributed by atoms with E-state index in [-0.39, 0.29) is 18.2 Å². The normalized spacial score (nSPS) is 14.0. The van der Waals surface area contributed by atoms with Gasteiger partial charge < -0.3 is 11.5 Å². The molecule has 0 unspecified atom stereocenters. The number of hydrogen-bond donors (Lipinski definition) is 2. The summed E-state index contributed by atoms with van der Waals surface area (Å²) in [7, 11) is 0. The highest BCUT2D eigenvalue weighted by Gasteiger charge is 2.74. The summed E-state index contributed by atoms with van der Waals surface area (Å²) in [4.78, 5) is 0.